The third-order valence-electron chi connectivity index (χ3n) is 3.30. The zero-order valence-electron chi connectivity index (χ0n) is 14.2. The van der Waals surface area contributed by atoms with E-state index in [1.807, 2.05) is 20.8 Å². The van der Waals surface area contributed by atoms with Crippen LogP contribution >= 0.6 is 11.3 Å². The van der Waals surface area contributed by atoms with Crippen molar-refractivity contribution in [2.45, 2.75) is 33.6 Å². The van der Waals surface area contributed by atoms with Gasteiger partial charge in [0.1, 0.15) is 0 Å². The molecule has 0 spiro atoms. The molecule has 0 saturated heterocycles. The Bertz CT molecular complexity index is 477. The number of hydrogen-bond acceptors (Lipinski definition) is 3. The van der Waals surface area contributed by atoms with E-state index in [0.29, 0.717) is 19.0 Å². The maximum absolute atomic E-state index is 11.7. The molecule has 0 saturated carbocycles. The summed E-state index contributed by atoms with van der Waals surface area (Å²) < 4.78 is 0. The Morgan fingerprint density at radius 2 is 1.95 bits per heavy atom. The second-order valence-corrected chi connectivity index (χ2v) is 7.12. The van der Waals surface area contributed by atoms with Crippen molar-refractivity contribution in [3.8, 4) is 0 Å². The highest BCUT2D eigenvalue weighted by Crippen LogP contribution is 2.16. The van der Waals surface area contributed by atoms with Gasteiger partial charge in [0, 0.05) is 32.1 Å². The molecule has 1 amide bonds. The van der Waals surface area contributed by atoms with Crippen LogP contribution in [0.5, 0.6) is 0 Å². The van der Waals surface area contributed by atoms with Gasteiger partial charge in [0.05, 0.1) is 0 Å². The number of aliphatic imine (C=N–C) groups is 1. The number of guanidine groups is 1. The fourth-order valence-corrected chi connectivity index (χ4v) is 2.55. The lowest BCUT2D eigenvalue weighted by atomic mass is 9.96. The van der Waals surface area contributed by atoms with Crippen LogP contribution in [0.1, 0.15) is 39.2 Å². The molecule has 0 radical (unpaired) electrons. The van der Waals surface area contributed by atoms with E-state index in [0.717, 1.165) is 12.5 Å². The Kier molecular flexibility index (Phi) is 7.38. The molecule has 3 N–H and O–H groups in total. The van der Waals surface area contributed by atoms with E-state index >= 15 is 0 Å². The predicted molar refractivity (Wildman–Crippen MR) is 94.6 cm³/mol. The molecule has 0 aliphatic carbocycles. The Hall–Kier alpha value is -1.56. The second-order valence-electron chi connectivity index (χ2n) is 6.34. The van der Waals surface area contributed by atoms with E-state index in [9.17, 15) is 4.79 Å². The van der Waals surface area contributed by atoms with Crippen molar-refractivity contribution in [3.63, 3.8) is 0 Å². The molecule has 1 unspecified atom stereocenters. The molecule has 1 rings (SSSR count). The van der Waals surface area contributed by atoms with Gasteiger partial charge in [-0.05, 0) is 28.3 Å². The van der Waals surface area contributed by atoms with Crippen LogP contribution in [-0.4, -0.2) is 38.5 Å². The maximum atomic E-state index is 11.7. The summed E-state index contributed by atoms with van der Waals surface area (Å²) in [5.41, 5.74) is 0.987. The van der Waals surface area contributed by atoms with Crippen molar-refractivity contribution in [1.29, 1.82) is 0 Å². The molecule has 124 valence electrons. The van der Waals surface area contributed by atoms with E-state index in [-0.39, 0.29) is 11.3 Å². The predicted octanol–water partition coefficient (Wildman–Crippen LogP) is 2.18. The first-order valence-corrected chi connectivity index (χ1v) is 8.53. The minimum absolute atomic E-state index is 0.0586. The SMILES string of the molecule is CN=C(NCCNC(=O)C(C)(C)C)NCC(C)c1ccsc1. The summed E-state index contributed by atoms with van der Waals surface area (Å²) in [5.74, 6) is 1.25. The van der Waals surface area contributed by atoms with Gasteiger partial charge >= 0.3 is 0 Å². The number of amides is 1. The van der Waals surface area contributed by atoms with E-state index in [1.165, 1.54) is 5.56 Å². The zero-order chi connectivity index (χ0) is 16.6. The minimum Gasteiger partial charge on any atom is -0.356 e. The first kappa shape index (κ1) is 18.5. The molecule has 1 heterocycles. The van der Waals surface area contributed by atoms with Crippen LogP contribution < -0.4 is 16.0 Å². The highest BCUT2D eigenvalue weighted by Gasteiger charge is 2.20. The second kappa shape index (κ2) is 8.78. The van der Waals surface area contributed by atoms with E-state index < -0.39 is 0 Å². The summed E-state index contributed by atoms with van der Waals surface area (Å²) in [6, 6.07) is 2.15. The van der Waals surface area contributed by atoms with Crippen LogP contribution in [0.4, 0.5) is 0 Å². The van der Waals surface area contributed by atoms with Gasteiger partial charge in [-0.15, -0.1) is 0 Å². The van der Waals surface area contributed by atoms with Crippen LogP contribution in [0.15, 0.2) is 21.8 Å². The van der Waals surface area contributed by atoms with Gasteiger partial charge in [-0.3, -0.25) is 9.79 Å². The van der Waals surface area contributed by atoms with Crippen LogP contribution in [-0.2, 0) is 4.79 Å². The Balaban J connectivity index is 2.24. The molecule has 5 nitrogen and oxygen atoms in total. The normalized spacial score (nSPS) is 13.6. The summed E-state index contributed by atoms with van der Waals surface area (Å²) >= 11 is 1.72. The summed E-state index contributed by atoms with van der Waals surface area (Å²) in [7, 11) is 1.75. The van der Waals surface area contributed by atoms with Crippen LogP contribution in [0, 0.1) is 5.41 Å². The largest absolute Gasteiger partial charge is 0.356 e. The molecule has 1 atom stereocenters. The summed E-state index contributed by atoms with van der Waals surface area (Å²) in [4.78, 5) is 15.9. The zero-order valence-corrected chi connectivity index (χ0v) is 15.0. The van der Waals surface area contributed by atoms with Gasteiger partial charge in [0.2, 0.25) is 5.91 Å². The standard InChI is InChI=1S/C16H28N4OS/c1-12(13-6-9-22-11-13)10-20-15(17-5)19-8-7-18-14(21)16(2,3)4/h6,9,11-12H,7-8,10H2,1-5H3,(H,18,21)(H2,17,19,20). The number of hydrogen-bond donors (Lipinski definition) is 3. The van der Waals surface area contributed by atoms with Gasteiger partial charge in [-0.1, -0.05) is 27.7 Å². The summed E-state index contributed by atoms with van der Waals surface area (Å²) in [5, 5.41) is 13.7. The highest BCUT2D eigenvalue weighted by atomic mass is 32.1. The highest BCUT2D eigenvalue weighted by molar-refractivity contribution is 7.07. The molecule has 1 aromatic rings. The summed E-state index contributed by atoms with van der Waals surface area (Å²) in [6.07, 6.45) is 0. The van der Waals surface area contributed by atoms with Gasteiger partial charge in [0.15, 0.2) is 5.96 Å². The van der Waals surface area contributed by atoms with Crippen molar-refractivity contribution < 1.29 is 4.79 Å². The lowest BCUT2D eigenvalue weighted by Crippen LogP contribution is -2.44. The fourth-order valence-electron chi connectivity index (χ4n) is 1.77. The molecule has 6 heteroatoms. The monoisotopic (exact) mass is 324 g/mol. The molecular formula is C16H28N4OS. The Labute approximate surface area is 137 Å². The summed E-state index contributed by atoms with van der Waals surface area (Å²) in [6.45, 7) is 9.95. The maximum Gasteiger partial charge on any atom is 0.225 e. The molecule has 0 aliphatic rings. The van der Waals surface area contributed by atoms with Crippen molar-refractivity contribution in [2.24, 2.45) is 10.4 Å². The number of thiophene rings is 1. The van der Waals surface area contributed by atoms with Crippen LogP contribution in [0.2, 0.25) is 0 Å². The molecule has 1 aromatic heterocycles. The van der Waals surface area contributed by atoms with Crippen molar-refractivity contribution >= 4 is 23.2 Å². The number of nitrogens with one attached hydrogen (secondary N) is 3. The number of nitrogens with zero attached hydrogens (tertiary/aromatic N) is 1. The molecule has 0 aliphatic heterocycles. The van der Waals surface area contributed by atoms with Crippen LogP contribution in [0.25, 0.3) is 0 Å². The first-order valence-electron chi connectivity index (χ1n) is 7.59. The Morgan fingerprint density at radius 1 is 1.27 bits per heavy atom. The lowest BCUT2D eigenvalue weighted by molar-refractivity contribution is -0.128. The van der Waals surface area contributed by atoms with Gasteiger partial charge in [-0.25, -0.2) is 0 Å². The van der Waals surface area contributed by atoms with E-state index in [1.54, 1.807) is 18.4 Å². The average Bonchev–Trinajstić information content (AvgIpc) is 2.99. The molecular weight excluding hydrogens is 296 g/mol. The van der Waals surface area contributed by atoms with Crippen molar-refractivity contribution in [1.82, 2.24) is 16.0 Å². The lowest BCUT2D eigenvalue weighted by Gasteiger charge is -2.19. The Morgan fingerprint density at radius 3 is 2.50 bits per heavy atom. The smallest absolute Gasteiger partial charge is 0.225 e. The van der Waals surface area contributed by atoms with Gasteiger partial charge < -0.3 is 16.0 Å². The van der Waals surface area contributed by atoms with Gasteiger partial charge in [-0.2, -0.15) is 11.3 Å². The topological polar surface area (TPSA) is 65.5 Å². The number of carbonyl (C=O) groups excluding carboxylic acids is 1. The van der Waals surface area contributed by atoms with Crippen molar-refractivity contribution in [2.75, 3.05) is 26.7 Å². The van der Waals surface area contributed by atoms with E-state index in [4.69, 9.17) is 0 Å². The first-order chi connectivity index (χ1) is 10.3. The molecule has 0 aromatic carbocycles. The number of carbonyl (C=O) groups is 1. The van der Waals surface area contributed by atoms with Gasteiger partial charge in [0.25, 0.3) is 0 Å². The van der Waals surface area contributed by atoms with Crippen LogP contribution in [0.3, 0.4) is 0 Å². The molecule has 22 heavy (non-hydrogen) atoms. The van der Waals surface area contributed by atoms with E-state index in [2.05, 4.69) is 44.7 Å². The quantitative estimate of drug-likeness (QED) is 0.427. The molecule has 0 bridgehead atoms. The fraction of sp³-hybridized carbons (Fsp3) is 0.625. The average molecular weight is 324 g/mol. The third-order valence-corrected chi connectivity index (χ3v) is 4.00. The minimum atomic E-state index is -0.351. The van der Waals surface area contributed by atoms with Crippen molar-refractivity contribution in [3.05, 3.63) is 22.4 Å². The number of rotatable bonds is 6. The third kappa shape index (κ3) is 6.47. The molecule has 0 fully saturated rings.